The third kappa shape index (κ3) is 2.17. The van der Waals surface area contributed by atoms with Gasteiger partial charge in [0, 0.05) is 23.3 Å². The Labute approximate surface area is 121 Å². The number of nitrogens with zero attached hydrogens (tertiary/aromatic N) is 4. The summed E-state index contributed by atoms with van der Waals surface area (Å²) in [5.41, 5.74) is 2.85. The molecule has 0 aliphatic heterocycles. The molecule has 4 aromatic rings. The quantitative estimate of drug-likeness (QED) is 0.561. The van der Waals surface area contributed by atoms with Crippen molar-refractivity contribution in [2.24, 2.45) is 0 Å². The van der Waals surface area contributed by atoms with Crippen LogP contribution in [0.2, 0.25) is 0 Å². The maximum absolute atomic E-state index is 4.63. The lowest BCUT2D eigenvalue weighted by atomic mass is 10.2. The molecule has 3 aromatic heterocycles. The van der Waals surface area contributed by atoms with Gasteiger partial charge in [-0.15, -0.1) is 0 Å². The highest BCUT2D eigenvalue weighted by molar-refractivity contribution is 5.79. The van der Waals surface area contributed by atoms with Gasteiger partial charge in [-0.1, -0.05) is 24.3 Å². The minimum atomic E-state index is 0.802. The van der Waals surface area contributed by atoms with Crippen LogP contribution >= 0.6 is 0 Å². The number of rotatable bonds is 2. The molecule has 4 rings (SSSR count). The van der Waals surface area contributed by atoms with E-state index in [0.29, 0.717) is 0 Å². The molecule has 0 saturated heterocycles. The van der Waals surface area contributed by atoms with Gasteiger partial charge in [0.05, 0.1) is 17.4 Å². The van der Waals surface area contributed by atoms with E-state index in [1.54, 1.807) is 17.1 Å². The predicted octanol–water partition coefficient (Wildman–Crippen LogP) is 3.48. The highest BCUT2D eigenvalue weighted by atomic mass is 15.3. The average molecular weight is 272 g/mol. The van der Waals surface area contributed by atoms with Crippen molar-refractivity contribution in [3.8, 4) is 17.1 Å². The summed E-state index contributed by atoms with van der Waals surface area (Å²) in [4.78, 5) is 8.96. The summed E-state index contributed by atoms with van der Waals surface area (Å²) in [6.45, 7) is 0. The first kappa shape index (κ1) is 11.8. The van der Waals surface area contributed by atoms with Gasteiger partial charge in [0.2, 0.25) is 0 Å². The van der Waals surface area contributed by atoms with E-state index in [9.17, 15) is 0 Å². The van der Waals surface area contributed by atoms with Gasteiger partial charge < -0.3 is 0 Å². The summed E-state index contributed by atoms with van der Waals surface area (Å²) in [6, 6.07) is 17.9. The van der Waals surface area contributed by atoms with Crippen LogP contribution in [0.5, 0.6) is 0 Å². The Morgan fingerprint density at radius 2 is 1.76 bits per heavy atom. The van der Waals surface area contributed by atoms with E-state index in [1.807, 2.05) is 48.7 Å². The van der Waals surface area contributed by atoms with Crippen molar-refractivity contribution in [2.75, 3.05) is 0 Å². The lowest BCUT2D eigenvalue weighted by Gasteiger charge is -2.02. The second kappa shape index (κ2) is 4.83. The number of benzene rings is 1. The second-order valence-electron chi connectivity index (χ2n) is 4.75. The lowest BCUT2D eigenvalue weighted by molar-refractivity contribution is 0.853. The normalized spacial score (nSPS) is 10.9. The van der Waals surface area contributed by atoms with Gasteiger partial charge in [0.15, 0.2) is 5.82 Å². The molecule has 0 spiro atoms. The molecular weight excluding hydrogens is 260 g/mol. The topological polar surface area (TPSA) is 43.6 Å². The first-order valence-corrected chi connectivity index (χ1v) is 6.72. The van der Waals surface area contributed by atoms with Gasteiger partial charge >= 0.3 is 0 Å². The minimum absolute atomic E-state index is 0.802. The van der Waals surface area contributed by atoms with Crippen LogP contribution in [0, 0.1) is 0 Å². The third-order valence-electron chi connectivity index (χ3n) is 3.36. The van der Waals surface area contributed by atoms with Gasteiger partial charge in [-0.2, -0.15) is 5.10 Å². The molecule has 1 aromatic carbocycles. The molecule has 0 N–H and O–H groups in total. The van der Waals surface area contributed by atoms with E-state index < -0.39 is 0 Å². The minimum Gasteiger partial charge on any atom is -0.256 e. The largest absolute Gasteiger partial charge is 0.256 e. The maximum Gasteiger partial charge on any atom is 0.154 e. The van der Waals surface area contributed by atoms with E-state index in [4.69, 9.17) is 0 Å². The van der Waals surface area contributed by atoms with Crippen molar-refractivity contribution in [3.05, 3.63) is 73.2 Å². The molecule has 0 fully saturated rings. The molecule has 0 aliphatic rings. The summed E-state index contributed by atoms with van der Waals surface area (Å²) in [5.74, 6) is 0.802. The summed E-state index contributed by atoms with van der Waals surface area (Å²) in [5, 5.41) is 5.51. The maximum atomic E-state index is 4.63. The van der Waals surface area contributed by atoms with E-state index in [1.165, 1.54) is 0 Å². The first-order valence-electron chi connectivity index (χ1n) is 6.72. The van der Waals surface area contributed by atoms with Crippen LogP contribution in [0.1, 0.15) is 0 Å². The van der Waals surface area contributed by atoms with E-state index >= 15 is 0 Å². The van der Waals surface area contributed by atoms with Crippen LogP contribution in [-0.4, -0.2) is 19.7 Å². The Bertz CT molecular complexity index is 897. The molecule has 0 bridgehead atoms. The van der Waals surface area contributed by atoms with Crippen molar-refractivity contribution in [2.45, 2.75) is 0 Å². The Hall–Kier alpha value is -3.01. The summed E-state index contributed by atoms with van der Waals surface area (Å²) < 4.78 is 1.77. The molecule has 4 nitrogen and oxygen atoms in total. The first-order chi connectivity index (χ1) is 10.4. The summed E-state index contributed by atoms with van der Waals surface area (Å²) in [6.07, 6.45) is 5.53. The van der Waals surface area contributed by atoms with Crippen LogP contribution in [0.3, 0.4) is 0 Å². The molecule has 21 heavy (non-hydrogen) atoms. The Balaban J connectivity index is 1.77. The van der Waals surface area contributed by atoms with Crippen molar-refractivity contribution >= 4 is 10.9 Å². The van der Waals surface area contributed by atoms with Gasteiger partial charge in [-0.05, 0) is 30.3 Å². The molecule has 0 aliphatic carbocycles. The SMILES string of the molecule is c1ccc(-c2cnn(-c3ccc4ccccc4n3)c2)nc1. The van der Waals surface area contributed by atoms with Crippen molar-refractivity contribution in [1.82, 2.24) is 19.7 Å². The van der Waals surface area contributed by atoms with E-state index in [2.05, 4.69) is 27.2 Å². The van der Waals surface area contributed by atoms with Gasteiger partial charge in [-0.25, -0.2) is 9.67 Å². The Morgan fingerprint density at radius 1 is 0.857 bits per heavy atom. The fraction of sp³-hybridized carbons (Fsp3) is 0. The number of para-hydroxylation sites is 1. The van der Waals surface area contributed by atoms with Gasteiger partial charge in [0.25, 0.3) is 0 Å². The molecule has 4 heteroatoms. The monoisotopic (exact) mass is 272 g/mol. The van der Waals surface area contributed by atoms with Crippen molar-refractivity contribution < 1.29 is 0 Å². The van der Waals surface area contributed by atoms with Crippen LogP contribution in [0.4, 0.5) is 0 Å². The number of pyridine rings is 2. The molecule has 0 saturated carbocycles. The summed E-state index contributed by atoms with van der Waals surface area (Å²) in [7, 11) is 0. The van der Waals surface area contributed by atoms with Crippen molar-refractivity contribution in [1.29, 1.82) is 0 Å². The van der Waals surface area contributed by atoms with Gasteiger partial charge in [0.1, 0.15) is 0 Å². The zero-order valence-corrected chi connectivity index (χ0v) is 11.2. The Kier molecular flexibility index (Phi) is 2.71. The molecule has 0 atom stereocenters. The fourth-order valence-corrected chi connectivity index (χ4v) is 2.30. The summed E-state index contributed by atoms with van der Waals surface area (Å²) >= 11 is 0. The standard InChI is InChI=1S/C17H12N4/c1-2-7-16-13(5-1)8-9-17(20-16)21-12-14(11-19-21)15-6-3-4-10-18-15/h1-12H. The lowest BCUT2D eigenvalue weighted by Crippen LogP contribution is -1.97. The average Bonchev–Trinajstić information content (AvgIpc) is 3.05. The smallest absolute Gasteiger partial charge is 0.154 e. The van der Waals surface area contributed by atoms with Crippen LogP contribution < -0.4 is 0 Å². The van der Waals surface area contributed by atoms with Crippen molar-refractivity contribution in [3.63, 3.8) is 0 Å². The highest BCUT2D eigenvalue weighted by Crippen LogP contribution is 2.18. The fourth-order valence-electron chi connectivity index (χ4n) is 2.30. The second-order valence-corrected chi connectivity index (χ2v) is 4.75. The van der Waals surface area contributed by atoms with Crippen LogP contribution in [0.15, 0.2) is 73.2 Å². The molecule has 3 heterocycles. The third-order valence-corrected chi connectivity index (χ3v) is 3.36. The van der Waals surface area contributed by atoms with E-state index in [-0.39, 0.29) is 0 Å². The molecular formula is C17H12N4. The number of hydrogen-bond acceptors (Lipinski definition) is 3. The predicted molar refractivity (Wildman–Crippen MR) is 82.1 cm³/mol. The zero-order valence-electron chi connectivity index (χ0n) is 11.2. The highest BCUT2D eigenvalue weighted by Gasteiger charge is 2.05. The Morgan fingerprint density at radius 3 is 2.67 bits per heavy atom. The van der Waals surface area contributed by atoms with Crippen LogP contribution in [-0.2, 0) is 0 Å². The molecule has 0 radical (unpaired) electrons. The molecule has 0 amide bonds. The molecule has 0 unspecified atom stereocenters. The van der Waals surface area contributed by atoms with Gasteiger partial charge in [-0.3, -0.25) is 4.98 Å². The van der Waals surface area contributed by atoms with E-state index in [0.717, 1.165) is 28.0 Å². The van der Waals surface area contributed by atoms with Crippen LogP contribution in [0.25, 0.3) is 28.0 Å². The number of fused-ring (bicyclic) bond motifs is 1. The molecule has 100 valence electrons. The number of hydrogen-bond donors (Lipinski definition) is 0. The number of aromatic nitrogens is 4. The zero-order chi connectivity index (χ0) is 14.1.